The minimum Gasteiger partial charge on any atom is -0.380 e. The van der Waals surface area contributed by atoms with Crippen LogP contribution in [0, 0.1) is 18.2 Å². The number of hydrogen-bond acceptors (Lipinski definition) is 6. The fourth-order valence-electron chi connectivity index (χ4n) is 4.27. The smallest absolute Gasteiger partial charge is 0.266 e. The molecule has 3 aromatic rings. The van der Waals surface area contributed by atoms with Gasteiger partial charge in [0.25, 0.3) is 6.43 Å². The Morgan fingerprint density at radius 2 is 1.90 bits per heavy atom. The van der Waals surface area contributed by atoms with Gasteiger partial charge in [0.1, 0.15) is 23.3 Å². The van der Waals surface area contributed by atoms with Gasteiger partial charge in [0.15, 0.2) is 0 Å². The van der Waals surface area contributed by atoms with Crippen molar-refractivity contribution < 1.29 is 17.9 Å². The molecule has 2 aromatic heterocycles. The summed E-state index contributed by atoms with van der Waals surface area (Å²) in [5.74, 6) is 0.971. The van der Waals surface area contributed by atoms with E-state index in [1.807, 2.05) is 6.07 Å². The number of benzene rings is 1. The standard InChI is InChI=1S/C22H22F3N5O/c1-12(14-4-3-5-15(19(14)23)20(24)25)27-21-16-6-18(26-7-17(16)28-13(2)29-21)30-8-22(9-30)10-31-11-22/h3-7,12,20H,8-11H2,1-2H3,(H,27,28,29)/t12-/m1/s1. The van der Waals surface area contributed by atoms with Crippen LogP contribution in [0.15, 0.2) is 30.5 Å². The first-order valence-corrected chi connectivity index (χ1v) is 10.2. The van der Waals surface area contributed by atoms with E-state index in [1.54, 1.807) is 20.0 Å². The number of pyridine rings is 1. The molecule has 2 aliphatic heterocycles. The third kappa shape index (κ3) is 3.46. The number of rotatable bonds is 5. The van der Waals surface area contributed by atoms with E-state index < -0.39 is 23.8 Å². The van der Waals surface area contributed by atoms with Crippen LogP contribution in [-0.2, 0) is 4.74 Å². The van der Waals surface area contributed by atoms with Gasteiger partial charge in [-0.25, -0.2) is 28.1 Å². The molecule has 4 heterocycles. The molecule has 1 atom stereocenters. The summed E-state index contributed by atoms with van der Waals surface area (Å²) in [6.45, 7) is 6.83. The maximum atomic E-state index is 14.6. The second-order valence-electron chi connectivity index (χ2n) is 8.45. The zero-order valence-electron chi connectivity index (χ0n) is 17.2. The molecule has 6 nitrogen and oxygen atoms in total. The van der Waals surface area contributed by atoms with Gasteiger partial charge >= 0.3 is 0 Å². The molecule has 0 bridgehead atoms. The van der Waals surface area contributed by atoms with Crippen LogP contribution in [0.3, 0.4) is 0 Å². The number of anilines is 2. The van der Waals surface area contributed by atoms with Crippen LogP contribution in [-0.4, -0.2) is 41.3 Å². The monoisotopic (exact) mass is 429 g/mol. The topological polar surface area (TPSA) is 63.2 Å². The van der Waals surface area contributed by atoms with Crippen molar-refractivity contribution in [2.24, 2.45) is 5.41 Å². The van der Waals surface area contributed by atoms with Crippen molar-refractivity contribution in [3.8, 4) is 0 Å². The minimum absolute atomic E-state index is 0.158. The van der Waals surface area contributed by atoms with Crippen molar-refractivity contribution in [2.75, 3.05) is 36.5 Å². The average Bonchev–Trinajstić information content (AvgIpc) is 2.65. The molecular weight excluding hydrogens is 407 g/mol. The highest BCUT2D eigenvalue weighted by Crippen LogP contribution is 2.40. The molecule has 2 aliphatic rings. The summed E-state index contributed by atoms with van der Waals surface area (Å²) in [5, 5.41) is 3.94. The van der Waals surface area contributed by atoms with Crippen LogP contribution < -0.4 is 10.2 Å². The number of hydrogen-bond donors (Lipinski definition) is 1. The SMILES string of the molecule is Cc1nc(N[C@H](C)c2cccc(C(F)F)c2F)c2cc(N3CC4(COC4)C3)ncc2n1. The minimum atomic E-state index is -2.87. The van der Waals surface area contributed by atoms with Gasteiger partial charge in [-0.05, 0) is 19.9 Å². The lowest BCUT2D eigenvalue weighted by Crippen LogP contribution is -2.66. The van der Waals surface area contributed by atoms with E-state index in [1.165, 1.54) is 12.1 Å². The normalized spacial score (nSPS) is 18.2. The molecule has 1 N–H and O–H groups in total. The maximum Gasteiger partial charge on any atom is 0.266 e. The predicted molar refractivity (Wildman–Crippen MR) is 111 cm³/mol. The largest absolute Gasteiger partial charge is 0.380 e. The molecule has 162 valence electrons. The van der Waals surface area contributed by atoms with E-state index in [0.717, 1.165) is 43.6 Å². The molecule has 2 fully saturated rings. The van der Waals surface area contributed by atoms with Crippen LogP contribution in [0.2, 0.25) is 0 Å². The Morgan fingerprint density at radius 1 is 1.16 bits per heavy atom. The fourth-order valence-corrected chi connectivity index (χ4v) is 4.27. The Kier molecular flexibility index (Phi) is 4.73. The Hall–Kier alpha value is -2.94. The number of nitrogens with zero attached hydrogens (tertiary/aromatic N) is 4. The van der Waals surface area contributed by atoms with Gasteiger partial charge in [-0.3, -0.25) is 0 Å². The zero-order chi connectivity index (χ0) is 21.8. The van der Waals surface area contributed by atoms with Crippen molar-refractivity contribution in [3.63, 3.8) is 0 Å². The van der Waals surface area contributed by atoms with Crippen LogP contribution >= 0.6 is 0 Å². The molecule has 1 aromatic carbocycles. The van der Waals surface area contributed by atoms with E-state index in [4.69, 9.17) is 4.74 Å². The number of halogens is 3. The van der Waals surface area contributed by atoms with Crippen LogP contribution in [0.1, 0.15) is 36.3 Å². The van der Waals surface area contributed by atoms with Crippen molar-refractivity contribution >= 4 is 22.5 Å². The molecule has 31 heavy (non-hydrogen) atoms. The molecule has 0 radical (unpaired) electrons. The van der Waals surface area contributed by atoms with Crippen molar-refractivity contribution in [1.82, 2.24) is 15.0 Å². The Bertz CT molecular complexity index is 1140. The number of aryl methyl sites for hydroxylation is 1. The number of aromatic nitrogens is 3. The molecular formula is C22H22F3N5O. The third-order valence-electron chi connectivity index (χ3n) is 5.99. The lowest BCUT2D eigenvalue weighted by molar-refractivity contribution is -0.127. The Labute approximate surface area is 177 Å². The van der Waals surface area contributed by atoms with Crippen LogP contribution in [0.4, 0.5) is 24.8 Å². The molecule has 0 amide bonds. The number of nitrogens with one attached hydrogen (secondary N) is 1. The molecule has 0 aliphatic carbocycles. The molecule has 9 heteroatoms. The highest BCUT2D eigenvalue weighted by molar-refractivity contribution is 5.90. The number of ether oxygens (including phenoxy) is 1. The molecule has 0 saturated carbocycles. The van der Waals surface area contributed by atoms with Gasteiger partial charge in [-0.2, -0.15) is 0 Å². The summed E-state index contributed by atoms with van der Waals surface area (Å²) in [6.07, 6.45) is -1.17. The Morgan fingerprint density at radius 3 is 2.58 bits per heavy atom. The Balaban J connectivity index is 1.46. The summed E-state index contributed by atoms with van der Waals surface area (Å²) >= 11 is 0. The van der Waals surface area contributed by atoms with E-state index in [-0.39, 0.29) is 11.0 Å². The highest BCUT2D eigenvalue weighted by atomic mass is 19.3. The van der Waals surface area contributed by atoms with Crippen LogP contribution in [0.25, 0.3) is 10.9 Å². The lowest BCUT2D eigenvalue weighted by atomic mass is 9.78. The number of alkyl halides is 2. The molecule has 0 unspecified atom stereocenters. The van der Waals surface area contributed by atoms with E-state index in [0.29, 0.717) is 17.2 Å². The van der Waals surface area contributed by atoms with E-state index in [9.17, 15) is 13.2 Å². The predicted octanol–water partition coefficient (Wildman–Crippen LogP) is 4.42. The van der Waals surface area contributed by atoms with Gasteiger partial charge in [0.05, 0.1) is 41.9 Å². The van der Waals surface area contributed by atoms with Crippen molar-refractivity contribution in [3.05, 3.63) is 53.2 Å². The van der Waals surface area contributed by atoms with Crippen LogP contribution in [0.5, 0.6) is 0 Å². The molecule has 1 spiro atoms. The summed E-state index contributed by atoms with van der Waals surface area (Å²) < 4.78 is 46.2. The van der Waals surface area contributed by atoms with Gasteiger partial charge in [-0.1, -0.05) is 18.2 Å². The number of fused-ring (bicyclic) bond motifs is 1. The van der Waals surface area contributed by atoms with Crippen molar-refractivity contribution in [1.29, 1.82) is 0 Å². The third-order valence-corrected chi connectivity index (χ3v) is 5.99. The molecule has 2 saturated heterocycles. The first-order chi connectivity index (χ1) is 14.8. The lowest BCUT2D eigenvalue weighted by Gasteiger charge is -2.55. The average molecular weight is 429 g/mol. The van der Waals surface area contributed by atoms with Gasteiger partial charge in [0.2, 0.25) is 0 Å². The second-order valence-corrected chi connectivity index (χ2v) is 8.45. The van der Waals surface area contributed by atoms with Crippen molar-refractivity contribution in [2.45, 2.75) is 26.3 Å². The molecule has 5 rings (SSSR count). The second kappa shape index (κ2) is 7.33. The first kappa shape index (κ1) is 20.0. The van der Waals surface area contributed by atoms with Gasteiger partial charge in [-0.15, -0.1) is 0 Å². The summed E-state index contributed by atoms with van der Waals surface area (Å²) in [7, 11) is 0. The van der Waals surface area contributed by atoms with E-state index >= 15 is 0 Å². The zero-order valence-corrected chi connectivity index (χ0v) is 17.2. The summed E-state index contributed by atoms with van der Waals surface area (Å²) in [6, 6.07) is 5.38. The highest BCUT2D eigenvalue weighted by Gasteiger charge is 2.49. The first-order valence-electron chi connectivity index (χ1n) is 10.2. The summed E-state index contributed by atoms with van der Waals surface area (Å²) in [4.78, 5) is 15.7. The van der Waals surface area contributed by atoms with E-state index in [2.05, 4.69) is 25.2 Å². The van der Waals surface area contributed by atoms with Gasteiger partial charge in [0, 0.05) is 24.0 Å². The quantitative estimate of drug-likeness (QED) is 0.648. The summed E-state index contributed by atoms with van der Waals surface area (Å²) in [5.41, 5.74) is 0.470. The fraction of sp³-hybridized carbons (Fsp3) is 0.409. The van der Waals surface area contributed by atoms with Gasteiger partial charge < -0.3 is 15.0 Å². The maximum absolute atomic E-state index is 14.6.